The molecule has 0 unspecified atom stereocenters. The average Bonchev–Trinajstić information content (AvgIpc) is 3.33. The van der Waals surface area contributed by atoms with E-state index in [4.69, 9.17) is 4.74 Å². The molecule has 1 aromatic heterocycles. The van der Waals surface area contributed by atoms with Crippen molar-refractivity contribution in [2.45, 2.75) is 38.5 Å². The molecule has 0 saturated heterocycles. The molecule has 0 bridgehead atoms. The van der Waals surface area contributed by atoms with Gasteiger partial charge in [0.1, 0.15) is 12.4 Å². The van der Waals surface area contributed by atoms with Crippen LogP contribution in [0.15, 0.2) is 30.6 Å². The molecular weight excluding hydrogens is 406 g/mol. The van der Waals surface area contributed by atoms with Gasteiger partial charge in [-0.1, -0.05) is 25.3 Å². The van der Waals surface area contributed by atoms with Gasteiger partial charge in [-0.3, -0.25) is 5.10 Å². The van der Waals surface area contributed by atoms with Gasteiger partial charge in [0.2, 0.25) is 0 Å². The van der Waals surface area contributed by atoms with Crippen LogP contribution in [0.2, 0.25) is 0 Å². The number of hydrogen-bond acceptors (Lipinski definition) is 5. The molecule has 3 rings (SSSR count). The van der Waals surface area contributed by atoms with Crippen LogP contribution in [0.25, 0.3) is 11.1 Å². The Labute approximate surface area is 190 Å². The number of likely N-dealkylation sites (N-methyl/N-ethyl adjacent to an activating group) is 1. The second kappa shape index (κ2) is 12.5. The molecule has 1 aliphatic carbocycles. The third-order valence-corrected chi connectivity index (χ3v) is 5.93. The van der Waals surface area contributed by atoms with Gasteiger partial charge >= 0.3 is 6.03 Å². The zero-order chi connectivity index (χ0) is 22.8. The molecule has 0 radical (unpaired) electrons. The van der Waals surface area contributed by atoms with E-state index in [0.29, 0.717) is 36.9 Å². The van der Waals surface area contributed by atoms with Gasteiger partial charge in [0.25, 0.3) is 0 Å². The number of aliphatic hydroxyl groups is 1. The highest BCUT2D eigenvalue weighted by Gasteiger charge is 2.22. The summed E-state index contributed by atoms with van der Waals surface area (Å²) in [5.74, 6) is 1.17. The van der Waals surface area contributed by atoms with Gasteiger partial charge < -0.3 is 25.0 Å². The van der Waals surface area contributed by atoms with Crippen LogP contribution >= 0.6 is 0 Å². The van der Waals surface area contributed by atoms with Gasteiger partial charge in [-0.25, -0.2) is 4.79 Å². The zero-order valence-electron chi connectivity index (χ0n) is 19.3. The Morgan fingerprint density at radius 3 is 2.72 bits per heavy atom. The number of H-pyrrole nitrogens is 1. The lowest BCUT2D eigenvalue weighted by Crippen LogP contribution is -2.40. The molecule has 2 aromatic rings. The molecular formula is C24H37N5O3. The van der Waals surface area contributed by atoms with Crippen molar-refractivity contribution in [3.63, 3.8) is 0 Å². The molecule has 32 heavy (non-hydrogen) atoms. The fourth-order valence-corrected chi connectivity index (χ4v) is 4.08. The molecule has 0 spiro atoms. The number of hydrogen-bond donors (Lipinski definition) is 3. The molecule has 176 valence electrons. The maximum Gasteiger partial charge on any atom is 0.321 e. The van der Waals surface area contributed by atoms with E-state index in [1.807, 2.05) is 43.4 Å². The van der Waals surface area contributed by atoms with Crippen molar-refractivity contribution < 1.29 is 14.6 Å². The van der Waals surface area contributed by atoms with E-state index in [9.17, 15) is 9.90 Å². The third kappa shape index (κ3) is 7.24. The molecule has 1 saturated carbocycles. The van der Waals surface area contributed by atoms with Crippen LogP contribution in [0, 0.1) is 5.92 Å². The summed E-state index contributed by atoms with van der Waals surface area (Å²) in [6.07, 6.45) is 10.3. The highest BCUT2D eigenvalue weighted by Crippen LogP contribution is 2.31. The van der Waals surface area contributed by atoms with Gasteiger partial charge in [-0.2, -0.15) is 5.10 Å². The standard InChI is InChI=1S/C24H37N5O3/c1-28(2)12-14-32-23-15-20(21-16-25-26-17-21)9-10-22(23)27-24(31)29(11-6-13-30)18-19-7-4-3-5-8-19/h9-10,15-17,19,30H,3-8,11-14,18H2,1-2H3,(H,25,26)(H,27,31). The van der Waals surface area contributed by atoms with Crippen LogP contribution in [0.3, 0.4) is 0 Å². The number of urea groups is 1. The first-order chi connectivity index (χ1) is 15.6. The molecule has 3 N–H and O–H groups in total. The number of rotatable bonds is 11. The van der Waals surface area contributed by atoms with Crippen LogP contribution in [0.5, 0.6) is 5.75 Å². The lowest BCUT2D eigenvalue weighted by molar-refractivity contribution is 0.181. The van der Waals surface area contributed by atoms with E-state index < -0.39 is 0 Å². The summed E-state index contributed by atoms with van der Waals surface area (Å²) in [7, 11) is 4.00. The van der Waals surface area contributed by atoms with E-state index in [2.05, 4.69) is 20.4 Å². The maximum absolute atomic E-state index is 13.2. The SMILES string of the molecule is CN(C)CCOc1cc(-c2cn[nH]c2)ccc1NC(=O)N(CCCO)CC1CCCCC1. The van der Waals surface area contributed by atoms with Gasteiger partial charge in [-0.05, 0) is 57.0 Å². The Bertz CT molecular complexity index is 819. The number of ether oxygens (including phenoxy) is 1. The molecule has 0 atom stereocenters. The van der Waals surface area contributed by atoms with Crippen LogP contribution in [0.1, 0.15) is 38.5 Å². The Kier molecular flexibility index (Phi) is 9.37. The van der Waals surface area contributed by atoms with Crippen molar-refractivity contribution in [3.8, 4) is 16.9 Å². The molecule has 1 aromatic carbocycles. The maximum atomic E-state index is 13.2. The minimum Gasteiger partial charge on any atom is -0.490 e. The summed E-state index contributed by atoms with van der Waals surface area (Å²) in [6.45, 7) is 2.64. The van der Waals surface area contributed by atoms with Crippen LogP contribution < -0.4 is 10.1 Å². The number of nitrogens with zero attached hydrogens (tertiary/aromatic N) is 3. The number of aliphatic hydroxyl groups excluding tert-OH is 1. The summed E-state index contributed by atoms with van der Waals surface area (Å²) in [6, 6.07) is 5.64. The van der Waals surface area contributed by atoms with Crippen LogP contribution in [0.4, 0.5) is 10.5 Å². The first-order valence-electron chi connectivity index (χ1n) is 11.6. The monoisotopic (exact) mass is 443 g/mol. The molecule has 1 heterocycles. The lowest BCUT2D eigenvalue weighted by atomic mass is 9.89. The van der Waals surface area contributed by atoms with E-state index >= 15 is 0 Å². The van der Waals surface area contributed by atoms with Crippen LogP contribution in [-0.2, 0) is 0 Å². The number of benzene rings is 1. The summed E-state index contributed by atoms with van der Waals surface area (Å²) in [5, 5.41) is 19.2. The van der Waals surface area contributed by atoms with Gasteiger partial charge in [0.05, 0.1) is 11.9 Å². The van der Waals surface area contributed by atoms with Crippen molar-refractivity contribution in [2.24, 2.45) is 5.92 Å². The number of amides is 2. The van der Waals surface area contributed by atoms with Crippen molar-refractivity contribution in [2.75, 3.05) is 52.3 Å². The second-order valence-electron chi connectivity index (χ2n) is 8.81. The number of nitrogens with one attached hydrogen (secondary N) is 2. The van der Waals surface area contributed by atoms with Gasteiger partial charge in [-0.15, -0.1) is 0 Å². The molecule has 0 aliphatic heterocycles. The minimum absolute atomic E-state index is 0.0761. The number of carbonyl (C=O) groups is 1. The summed E-state index contributed by atoms with van der Waals surface area (Å²) in [4.78, 5) is 17.1. The molecule has 8 nitrogen and oxygen atoms in total. The Hall–Kier alpha value is -2.58. The highest BCUT2D eigenvalue weighted by atomic mass is 16.5. The fraction of sp³-hybridized carbons (Fsp3) is 0.583. The number of aromatic nitrogens is 2. The van der Waals surface area contributed by atoms with E-state index in [1.54, 1.807) is 6.20 Å². The largest absolute Gasteiger partial charge is 0.490 e. The van der Waals surface area contributed by atoms with Gasteiger partial charge in [0.15, 0.2) is 0 Å². The topological polar surface area (TPSA) is 93.7 Å². The summed E-state index contributed by atoms with van der Waals surface area (Å²) >= 11 is 0. The van der Waals surface area contributed by atoms with Crippen molar-refractivity contribution >= 4 is 11.7 Å². The van der Waals surface area contributed by atoms with E-state index in [0.717, 1.165) is 24.2 Å². The van der Waals surface area contributed by atoms with Crippen molar-refractivity contribution in [1.29, 1.82) is 0 Å². The normalized spacial score (nSPS) is 14.5. The Morgan fingerprint density at radius 1 is 1.22 bits per heavy atom. The van der Waals surface area contributed by atoms with Crippen molar-refractivity contribution in [1.82, 2.24) is 20.0 Å². The van der Waals surface area contributed by atoms with E-state index in [1.165, 1.54) is 32.1 Å². The molecule has 8 heteroatoms. The second-order valence-corrected chi connectivity index (χ2v) is 8.81. The zero-order valence-corrected chi connectivity index (χ0v) is 19.3. The number of carbonyl (C=O) groups excluding carboxylic acids is 1. The fourth-order valence-electron chi connectivity index (χ4n) is 4.08. The molecule has 1 aliphatic rings. The summed E-state index contributed by atoms with van der Waals surface area (Å²) in [5.41, 5.74) is 2.58. The first kappa shape index (κ1) is 24.1. The predicted octanol–water partition coefficient (Wildman–Crippen LogP) is 3.81. The summed E-state index contributed by atoms with van der Waals surface area (Å²) < 4.78 is 6.05. The smallest absolute Gasteiger partial charge is 0.321 e. The Morgan fingerprint density at radius 2 is 2.03 bits per heavy atom. The third-order valence-electron chi connectivity index (χ3n) is 5.93. The predicted molar refractivity (Wildman–Crippen MR) is 127 cm³/mol. The van der Waals surface area contributed by atoms with Crippen molar-refractivity contribution in [3.05, 3.63) is 30.6 Å². The Balaban J connectivity index is 1.74. The van der Waals surface area contributed by atoms with E-state index in [-0.39, 0.29) is 12.6 Å². The number of anilines is 1. The number of aromatic amines is 1. The van der Waals surface area contributed by atoms with Crippen LogP contribution in [-0.4, -0.2) is 78.1 Å². The molecule has 2 amide bonds. The minimum atomic E-state index is -0.141. The highest BCUT2D eigenvalue weighted by molar-refractivity contribution is 5.91. The lowest BCUT2D eigenvalue weighted by Gasteiger charge is -2.30. The molecule has 1 fully saturated rings. The van der Waals surface area contributed by atoms with Gasteiger partial charge in [0, 0.05) is 38.0 Å². The quantitative estimate of drug-likeness (QED) is 0.491. The first-order valence-corrected chi connectivity index (χ1v) is 11.6. The average molecular weight is 444 g/mol.